The van der Waals surface area contributed by atoms with E-state index in [1.807, 2.05) is 0 Å². The van der Waals surface area contributed by atoms with Gasteiger partial charge in [-0.3, -0.25) is 4.79 Å². The summed E-state index contributed by atoms with van der Waals surface area (Å²) in [4.78, 5) is 12.6. The summed E-state index contributed by atoms with van der Waals surface area (Å²) in [7, 11) is 0. The largest absolute Gasteiger partial charge is 0.515 e. The molecule has 31 heavy (non-hydrogen) atoms. The van der Waals surface area contributed by atoms with E-state index in [1.165, 1.54) is 41.4 Å². The molecule has 0 fully saturated rings. The average molecular weight is 427 g/mol. The highest BCUT2D eigenvalue weighted by Crippen LogP contribution is 2.53. The number of carboxylic acid groups (broad SMARTS) is 1. The maximum Gasteiger partial charge on any atom is 0.307 e. The van der Waals surface area contributed by atoms with E-state index in [0.717, 1.165) is 49.7 Å². The van der Waals surface area contributed by atoms with Gasteiger partial charge in [-0.25, -0.2) is 0 Å². The molecule has 3 rings (SSSR count). The molecule has 0 bridgehead atoms. The van der Waals surface area contributed by atoms with Crippen LogP contribution in [0.2, 0.25) is 0 Å². The molecule has 2 aliphatic carbocycles. The number of aryl methyl sites for hydroxylation is 1. The second kappa shape index (κ2) is 9.38. The summed E-state index contributed by atoms with van der Waals surface area (Å²) in [6.45, 7) is 13.1. The van der Waals surface area contributed by atoms with Gasteiger partial charge in [-0.2, -0.15) is 0 Å². The van der Waals surface area contributed by atoms with Crippen LogP contribution in [0, 0.1) is 36.0 Å². The van der Waals surface area contributed by atoms with Crippen LogP contribution in [0.5, 0.6) is 0 Å². The summed E-state index contributed by atoms with van der Waals surface area (Å²) in [6, 6.07) is 2.28. The number of hydrogen-bond acceptors (Lipinski definition) is 2. The van der Waals surface area contributed by atoms with Crippen molar-refractivity contribution in [3.05, 3.63) is 40.1 Å². The summed E-state index contributed by atoms with van der Waals surface area (Å²) >= 11 is 0. The molecule has 2 aliphatic rings. The number of hydrogen-bond donors (Lipinski definition) is 2. The molecule has 0 aliphatic heterocycles. The van der Waals surface area contributed by atoms with Gasteiger partial charge in [0.2, 0.25) is 0 Å². The van der Waals surface area contributed by atoms with Crippen LogP contribution in [0.3, 0.4) is 0 Å². The van der Waals surface area contributed by atoms with Gasteiger partial charge < -0.3 is 10.2 Å². The molecular formula is C28H42O3. The summed E-state index contributed by atoms with van der Waals surface area (Å²) in [5, 5.41) is 20.8. The van der Waals surface area contributed by atoms with Crippen molar-refractivity contribution in [3.63, 3.8) is 0 Å². The van der Waals surface area contributed by atoms with Crippen molar-refractivity contribution in [2.24, 2.45) is 29.1 Å². The number of benzene rings is 1. The first-order chi connectivity index (χ1) is 14.6. The zero-order chi connectivity index (χ0) is 22.9. The number of carboxylic acids is 1. The second-order valence-corrected chi connectivity index (χ2v) is 10.9. The third-order valence-corrected chi connectivity index (χ3v) is 8.73. The second-order valence-electron chi connectivity index (χ2n) is 10.9. The molecule has 3 heteroatoms. The molecule has 1 aromatic carbocycles. The fourth-order valence-corrected chi connectivity index (χ4v) is 6.26. The summed E-state index contributed by atoms with van der Waals surface area (Å²) in [6.07, 6.45) is 9.53. The Morgan fingerprint density at radius 1 is 1.06 bits per heavy atom. The lowest BCUT2D eigenvalue weighted by Gasteiger charge is -2.44. The molecule has 172 valence electrons. The minimum Gasteiger partial charge on any atom is -0.515 e. The van der Waals surface area contributed by atoms with E-state index in [0.29, 0.717) is 11.8 Å². The Labute approximate surface area is 189 Å². The molecule has 0 saturated heterocycles. The third kappa shape index (κ3) is 4.43. The summed E-state index contributed by atoms with van der Waals surface area (Å²) < 4.78 is 0. The molecule has 3 nitrogen and oxygen atoms in total. The number of aliphatic hydroxyl groups excluding tert-OH is 1. The number of fused-ring (bicyclic) bond motifs is 2. The monoisotopic (exact) mass is 426 g/mol. The standard InChI is InChI=1S/C28H42O3/c1-17(2)18(3)11-12-19(4)26(27(30)31)28(6)14-13-23-20(5)22-10-8-7-9-21(22)15-24(23)25(28)16-29/h15-19,26,29H,7-14H2,1-6H3,(H,30,31)/b25-16+. The molecule has 0 spiro atoms. The lowest BCUT2D eigenvalue weighted by atomic mass is 9.58. The Morgan fingerprint density at radius 2 is 1.71 bits per heavy atom. The molecule has 2 N–H and O–H groups in total. The molecule has 0 heterocycles. The van der Waals surface area contributed by atoms with Gasteiger partial charge in [0.1, 0.15) is 0 Å². The number of aliphatic carboxylic acids is 1. The van der Waals surface area contributed by atoms with Crippen LogP contribution in [0.15, 0.2) is 12.3 Å². The van der Waals surface area contributed by atoms with Crippen molar-refractivity contribution in [3.8, 4) is 0 Å². The van der Waals surface area contributed by atoms with Crippen molar-refractivity contribution in [2.75, 3.05) is 0 Å². The van der Waals surface area contributed by atoms with E-state index in [1.54, 1.807) is 0 Å². The first kappa shape index (κ1) is 23.9. The normalized spacial score (nSPS) is 25.1. The SMILES string of the molecule is Cc1c2c(cc3c1CCC(C)(C(C(=O)O)C(C)CCC(C)C(C)C)/C3=C/O)CCCC2. The van der Waals surface area contributed by atoms with Gasteiger partial charge >= 0.3 is 5.97 Å². The van der Waals surface area contributed by atoms with Gasteiger partial charge in [-0.15, -0.1) is 0 Å². The molecule has 4 atom stereocenters. The molecule has 0 amide bonds. The van der Waals surface area contributed by atoms with E-state index in [9.17, 15) is 15.0 Å². The van der Waals surface area contributed by atoms with Crippen LogP contribution in [-0.2, 0) is 24.1 Å². The van der Waals surface area contributed by atoms with E-state index < -0.39 is 17.3 Å². The third-order valence-electron chi connectivity index (χ3n) is 8.73. The van der Waals surface area contributed by atoms with Crippen LogP contribution >= 0.6 is 0 Å². The quantitative estimate of drug-likeness (QED) is 0.456. The van der Waals surface area contributed by atoms with Crippen molar-refractivity contribution in [2.45, 2.75) is 92.9 Å². The van der Waals surface area contributed by atoms with Crippen molar-refractivity contribution in [1.82, 2.24) is 0 Å². The van der Waals surface area contributed by atoms with E-state index in [2.05, 4.69) is 47.6 Å². The summed E-state index contributed by atoms with van der Waals surface area (Å²) in [5.74, 6) is 0.00633. The van der Waals surface area contributed by atoms with E-state index in [4.69, 9.17) is 0 Å². The molecule has 4 unspecified atom stereocenters. The number of aliphatic hydroxyl groups is 1. The molecule has 0 saturated carbocycles. The fraction of sp³-hybridized carbons (Fsp3) is 0.679. The smallest absolute Gasteiger partial charge is 0.307 e. The Kier molecular flexibility index (Phi) is 7.23. The maximum atomic E-state index is 12.6. The van der Waals surface area contributed by atoms with Crippen LogP contribution in [0.4, 0.5) is 0 Å². The van der Waals surface area contributed by atoms with Crippen LogP contribution in [0.25, 0.3) is 5.57 Å². The van der Waals surface area contributed by atoms with Crippen LogP contribution in [0.1, 0.15) is 94.5 Å². The first-order valence-corrected chi connectivity index (χ1v) is 12.3. The number of allylic oxidation sites excluding steroid dienone is 1. The minimum atomic E-state index is -0.732. The predicted octanol–water partition coefficient (Wildman–Crippen LogP) is 7.13. The van der Waals surface area contributed by atoms with Crippen molar-refractivity contribution < 1.29 is 15.0 Å². The minimum absolute atomic E-state index is 0.0546. The van der Waals surface area contributed by atoms with Crippen molar-refractivity contribution in [1.29, 1.82) is 0 Å². The molecular weight excluding hydrogens is 384 g/mol. The highest BCUT2D eigenvalue weighted by Gasteiger charge is 2.48. The highest BCUT2D eigenvalue weighted by atomic mass is 16.4. The Balaban J connectivity index is 1.98. The van der Waals surface area contributed by atoms with Crippen LogP contribution < -0.4 is 0 Å². The zero-order valence-corrected chi connectivity index (χ0v) is 20.4. The van der Waals surface area contributed by atoms with Gasteiger partial charge in [0, 0.05) is 11.0 Å². The van der Waals surface area contributed by atoms with E-state index >= 15 is 0 Å². The Bertz CT molecular complexity index is 850. The number of rotatable bonds is 7. The molecule has 0 radical (unpaired) electrons. The van der Waals surface area contributed by atoms with Crippen molar-refractivity contribution >= 4 is 11.5 Å². The van der Waals surface area contributed by atoms with Gasteiger partial charge in [0.15, 0.2) is 0 Å². The Morgan fingerprint density at radius 3 is 2.32 bits per heavy atom. The van der Waals surface area contributed by atoms with E-state index in [-0.39, 0.29) is 5.92 Å². The Hall–Kier alpha value is -1.77. The maximum absolute atomic E-state index is 12.6. The highest BCUT2D eigenvalue weighted by molar-refractivity contribution is 5.82. The fourth-order valence-electron chi connectivity index (χ4n) is 6.26. The predicted molar refractivity (Wildman–Crippen MR) is 128 cm³/mol. The lowest BCUT2D eigenvalue weighted by molar-refractivity contribution is -0.147. The topological polar surface area (TPSA) is 57.5 Å². The van der Waals surface area contributed by atoms with Gasteiger partial charge in [-0.05, 0) is 97.4 Å². The van der Waals surface area contributed by atoms with Gasteiger partial charge in [0.05, 0.1) is 12.2 Å². The zero-order valence-electron chi connectivity index (χ0n) is 20.4. The number of carbonyl (C=O) groups is 1. The molecule has 0 aromatic heterocycles. The lowest BCUT2D eigenvalue weighted by Crippen LogP contribution is -2.41. The first-order valence-electron chi connectivity index (χ1n) is 12.3. The molecule has 1 aromatic rings. The average Bonchev–Trinajstić information content (AvgIpc) is 2.71. The van der Waals surface area contributed by atoms with Gasteiger partial charge in [-0.1, -0.05) is 47.1 Å². The van der Waals surface area contributed by atoms with Gasteiger partial charge in [0.25, 0.3) is 0 Å². The van der Waals surface area contributed by atoms with Crippen LogP contribution in [-0.4, -0.2) is 16.2 Å². The summed E-state index contributed by atoms with van der Waals surface area (Å²) in [5.41, 5.74) is 6.96.